The van der Waals surface area contributed by atoms with E-state index in [2.05, 4.69) is 0 Å². The zero-order valence-electron chi connectivity index (χ0n) is 8.78. The van der Waals surface area contributed by atoms with Crippen molar-refractivity contribution in [3.8, 4) is 0 Å². The monoisotopic (exact) mass is 221 g/mol. The molecule has 0 saturated carbocycles. The molecule has 0 bridgehead atoms. The Morgan fingerprint density at radius 2 is 2.06 bits per heavy atom. The van der Waals surface area contributed by atoms with Crippen molar-refractivity contribution in [1.82, 2.24) is 4.90 Å². The van der Waals surface area contributed by atoms with E-state index in [1.807, 2.05) is 0 Å². The van der Waals surface area contributed by atoms with Crippen molar-refractivity contribution in [3.63, 3.8) is 0 Å². The third kappa shape index (κ3) is 1.19. The Labute approximate surface area is 92.8 Å². The molecule has 0 radical (unpaired) electrons. The molecular weight excluding hydrogens is 209 g/mol. The van der Waals surface area contributed by atoms with E-state index in [4.69, 9.17) is 4.74 Å². The fraction of sp³-hybridized carbons (Fsp3) is 0.417. The van der Waals surface area contributed by atoms with Crippen LogP contribution in [-0.2, 0) is 15.3 Å². The molecule has 0 aromatic heterocycles. The molecule has 0 aliphatic carbocycles. The standard InChI is InChI=1S/C12H12FNO2/c13-10-3-1-9(2-4-10)12-6-5-11(15)14(12)7-8-16-12/h1-4H,5-8H2/t12-/m1/s1. The maximum atomic E-state index is 12.9. The highest BCUT2D eigenvalue weighted by Crippen LogP contribution is 2.43. The maximum absolute atomic E-state index is 12.9. The summed E-state index contributed by atoms with van der Waals surface area (Å²) in [6.07, 6.45) is 1.18. The minimum absolute atomic E-state index is 0.127. The molecule has 16 heavy (non-hydrogen) atoms. The van der Waals surface area contributed by atoms with Crippen LogP contribution in [0.25, 0.3) is 0 Å². The highest BCUT2D eigenvalue weighted by Gasteiger charge is 2.50. The van der Waals surface area contributed by atoms with Gasteiger partial charge in [0, 0.05) is 24.9 Å². The van der Waals surface area contributed by atoms with Gasteiger partial charge in [-0.15, -0.1) is 0 Å². The van der Waals surface area contributed by atoms with Gasteiger partial charge < -0.3 is 9.64 Å². The summed E-state index contributed by atoms with van der Waals surface area (Å²) >= 11 is 0. The Morgan fingerprint density at radius 1 is 1.31 bits per heavy atom. The van der Waals surface area contributed by atoms with Crippen molar-refractivity contribution in [2.24, 2.45) is 0 Å². The fourth-order valence-corrected chi connectivity index (χ4v) is 2.60. The zero-order valence-corrected chi connectivity index (χ0v) is 8.78. The number of benzene rings is 1. The van der Waals surface area contributed by atoms with Gasteiger partial charge >= 0.3 is 0 Å². The normalized spacial score (nSPS) is 28.6. The first-order chi connectivity index (χ1) is 7.72. The highest BCUT2D eigenvalue weighted by molar-refractivity contribution is 5.80. The maximum Gasteiger partial charge on any atom is 0.225 e. The summed E-state index contributed by atoms with van der Waals surface area (Å²) in [6.45, 7) is 1.19. The molecule has 0 N–H and O–H groups in total. The first-order valence-electron chi connectivity index (χ1n) is 5.43. The third-order valence-corrected chi connectivity index (χ3v) is 3.37. The van der Waals surface area contributed by atoms with Crippen molar-refractivity contribution >= 4 is 5.91 Å². The van der Waals surface area contributed by atoms with Gasteiger partial charge in [0.15, 0.2) is 5.72 Å². The lowest BCUT2D eigenvalue weighted by molar-refractivity contribution is -0.137. The first kappa shape index (κ1) is 9.78. The number of carbonyl (C=O) groups excluding carboxylic acids is 1. The Bertz CT molecular complexity index is 431. The van der Waals surface area contributed by atoms with Gasteiger partial charge in [0.05, 0.1) is 6.61 Å². The number of halogens is 1. The van der Waals surface area contributed by atoms with Gasteiger partial charge in [0.2, 0.25) is 5.91 Å². The van der Waals surface area contributed by atoms with E-state index < -0.39 is 5.72 Å². The highest BCUT2D eigenvalue weighted by atomic mass is 19.1. The molecule has 1 aromatic rings. The molecule has 4 heteroatoms. The summed E-state index contributed by atoms with van der Waals surface area (Å²) in [4.78, 5) is 13.4. The van der Waals surface area contributed by atoms with Gasteiger partial charge in [-0.05, 0) is 12.1 Å². The van der Waals surface area contributed by atoms with E-state index in [9.17, 15) is 9.18 Å². The molecule has 2 fully saturated rings. The van der Waals surface area contributed by atoms with Crippen LogP contribution < -0.4 is 0 Å². The minimum Gasteiger partial charge on any atom is -0.349 e. The molecule has 0 spiro atoms. The van der Waals surface area contributed by atoms with Crippen LogP contribution >= 0.6 is 0 Å². The third-order valence-electron chi connectivity index (χ3n) is 3.37. The number of nitrogens with zero attached hydrogens (tertiary/aromatic N) is 1. The van der Waals surface area contributed by atoms with Crippen LogP contribution in [-0.4, -0.2) is 24.0 Å². The van der Waals surface area contributed by atoms with Crippen molar-refractivity contribution < 1.29 is 13.9 Å². The van der Waals surface area contributed by atoms with E-state index in [0.29, 0.717) is 26.0 Å². The van der Waals surface area contributed by atoms with Crippen molar-refractivity contribution in [3.05, 3.63) is 35.6 Å². The second-order valence-electron chi connectivity index (χ2n) is 4.19. The van der Waals surface area contributed by atoms with Gasteiger partial charge in [0.1, 0.15) is 5.82 Å². The lowest BCUT2D eigenvalue weighted by atomic mass is 10.0. The van der Waals surface area contributed by atoms with Crippen LogP contribution in [0.1, 0.15) is 18.4 Å². The molecule has 2 heterocycles. The lowest BCUT2D eigenvalue weighted by Crippen LogP contribution is -2.38. The van der Waals surface area contributed by atoms with E-state index in [-0.39, 0.29) is 11.7 Å². The first-order valence-corrected chi connectivity index (χ1v) is 5.43. The van der Waals surface area contributed by atoms with E-state index >= 15 is 0 Å². The SMILES string of the molecule is O=C1CC[C@]2(c3ccc(F)cc3)OCCN12. The second-order valence-corrected chi connectivity index (χ2v) is 4.19. The number of hydrogen-bond acceptors (Lipinski definition) is 2. The molecule has 1 atom stereocenters. The zero-order chi connectivity index (χ0) is 11.2. The Hall–Kier alpha value is -1.42. The number of fused-ring (bicyclic) bond motifs is 1. The van der Waals surface area contributed by atoms with Gasteiger partial charge in [-0.1, -0.05) is 12.1 Å². The van der Waals surface area contributed by atoms with Crippen molar-refractivity contribution in [2.45, 2.75) is 18.6 Å². The molecule has 1 amide bonds. The molecule has 2 saturated heterocycles. The average Bonchev–Trinajstić information content (AvgIpc) is 2.82. The molecule has 1 aromatic carbocycles. The quantitative estimate of drug-likeness (QED) is 0.721. The van der Waals surface area contributed by atoms with Crippen molar-refractivity contribution in [1.29, 1.82) is 0 Å². The molecular formula is C12H12FNO2. The smallest absolute Gasteiger partial charge is 0.225 e. The van der Waals surface area contributed by atoms with Crippen LogP contribution in [0.4, 0.5) is 4.39 Å². The second kappa shape index (κ2) is 3.28. The lowest BCUT2D eigenvalue weighted by Gasteiger charge is -2.30. The summed E-state index contributed by atoms with van der Waals surface area (Å²) in [5.41, 5.74) is 0.252. The topological polar surface area (TPSA) is 29.5 Å². The van der Waals surface area contributed by atoms with Crippen molar-refractivity contribution in [2.75, 3.05) is 13.2 Å². The number of carbonyl (C=O) groups is 1. The van der Waals surface area contributed by atoms with E-state index in [0.717, 1.165) is 5.56 Å². The number of ether oxygens (including phenoxy) is 1. The molecule has 3 rings (SSSR count). The van der Waals surface area contributed by atoms with Crippen LogP contribution in [0, 0.1) is 5.82 Å². The molecule has 3 nitrogen and oxygen atoms in total. The van der Waals surface area contributed by atoms with Crippen LogP contribution in [0.15, 0.2) is 24.3 Å². The summed E-state index contributed by atoms with van der Waals surface area (Å²) in [5.74, 6) is -0.143. The van der Waals surface area contributed by atoms with Gasteiger partial charge in [0.25, 0.3) is 0 Å². The number of amides is 1. The van der Waals surface area contributed by atoms with E-state index in [1.54, 1.807) is 17.0 Å². The minimum atomic E-state index is -0.620. The summed E-state index contributed by atoms with van der Waals surface area (Å²) in [6, 6.07) is 6.22. The molecule has 84 valence electrons. The number of rotatable bonds is 1. The number of hydrogen-bond donors (Lipinski definition) is 0. The summed E-state index contributed by atoms with van der Waals surface area (Å²) < 4.78 is 18.6. The largest absolute Gasteiger partial charge is 0.349 e. The predicted octanol–water partition coefficient (Wildman–Crippen LogP) is 1.63. The van der Waals surface area contributed by atoms with Gasteiger partial charge in [-0.2, -0.15) is 0 Å². The fourth-order valence-electron chi connectivity index (χ4n) is 2.60. The molecule has 2 aliphatic heterocycles. The Morgan fingerprint density at radius 3 is 2.81 bits per heavy atom. The summed E-state index contributed by atoms with van der Waals surface area (Å²) in [5, 5.41) is 0. The van der Waals surface area contributed by atoms with Crippen LogP contribution in [0.2, 0.25) is 0 Å². The Kier molecular flexibility index (Phi) is 2.01. The van der Waals surface area contributed by atoms with Crippen LogP contribution in [0.3, 0.4) is 0 Å². The van der Waals surface area contributed by atoms with Gasteiger partial charge in [-0.25, -0.2) is 4.39 Å². The molecule has 2 aliphatic rings. The summed E-state index contributed by atoms with van der Waals surface area (Å²) in [7, 11) is 0. The molecule has 0 unspecified atom stereocenters. The van der Waals surface area contributed by atoms with Crippen LogP contribution in [0.5, 0.6) is 0 Å². The van der Waals surface area contributed by atoms with Gasteiger partial charge in [-0.3, -0.25) is 4.79 Å². The predicted molar refractivity (Wildman–Crippen MR) is 55.0 cm³/mol. The average molecular weight is 221 g/mol. The Balaban J connectivity index is 2.04. The van der Waals surface area contributed by atoms with E-state index in [1.165, 1.54) is 12.1 Å².